The molecule has 0 aromatic rings. The van der Waals surface area contributed by atoms with Crippen LogP contribution < -0.4 is 0 Å². The van der Waals surface area contributed by atoms with Crippen LogP contribution in [0, 0.1) is 28.6 Å². The topological polar surface area (TPSA) is 68.5 Å². The highest BCUT2D eigenvalue weighted by Gasteiger charge is 2.59. The quantitative estimate of drug-likeness (QED) is 0.447. The molecule has 1 aliphatic heterocycles. The van der Waals surface area contributed by atoms with Crippen molar-refractivity contribution in [1.82, 2.24) is 0 Å². The first-order valence-corrected chi connectivity index (χ1v) is 8.46. The van der Waals surface area contributed by atoms with Crippen molar-refractivity contribution < 1.29 is 19.0 Å². The monoisotopic (exact) mass is 339 g/mol. The van der Waals surface area contributed by atoms with Gasteiger partial charge in [0.15, 0.2) is 12.4 Å². The summed E-state index contributed by atoms with van der Waals surface area (Å²) in [5, 5.41) is 8.02. The number of carbonyl (C=O) groups is 1. The summed E-state index contributed by atoms with van der Waals surface area (Å²) in [4.78, 5) is 10.8. The van der Waals surface area contributed by atoms with E-state index < -0.39 is 27.8 Å². The Labute approximate surface area is 152 Å². The summed E-state index contributed by atoms with van der Waals surface area (Å²) in [6.45, 7) is 6.04. The highest BCUT2D eigenvalue weighted by Crippen LogP contribution is 2.69. The number of nitriles is 1. The van der Waals surface area contributed by atoms with Crippen LogP contribution in [-0.4, -0.2) is 47.3 Å². The second-order valence-corrected chi connectivity index (χ2v) is 7.43. The second-order valence-electron chi connectivity index (χ2n) is 7.43. The molecule has 1 spiro atoms. The molecule has 130 valence electrons. The number of hydrogen-bond acceptors (Lipinski definition) is 5. The maximum absolute atomic E-state index is 10.8. The number of carbonyl (C=O) groups excluding carboxylic acids is 1. The van der Waals surface area contributed by atoms with Gasteiger partial charge in [-0.3, -0.25) is 4.79 Å². The van der Waals surface area contributed by atoms with Gasteiger partial charge in [-0.1, -0.05) is 24.1 Å². The molecule has 4 radical (unpaired) electrons. The van der Waals surface area contributed by atoms with Crippen molar-refractivity contribution in [2.45, 2.75) is 62.9 Å². The van der Waals surface area contributed by atoms with Crippen LogP contribution in [0.5, 0.6) is 0 Å². The van der Waals surface area contributed by atoms with Crippen LogP contribution in [0.2, 0.25) is 10.6 Å². The molecule has 3 atom stereocenters. The van der Waals surface area contributed by atoms with Gasteiger partial charge in [0, 0.05) is 19.8 Å². The summed E-state index contributed by atoms with van der Waals surface area (Å²) in [5.41, 5.74) is -0.958. The number of ether oxygens (including phenoxy) is 3. The molecule has 25 heavy (non-hydrogen) atoms. The molecule has 3 unspecified atom stereocenters. The molecule has 5 nitrogen and oxygen atoms in total. The zero-order chi connectivity index (χ0) is 18.8. The standard InChI is InChI=1S/C18H23B2NO4/c1-14(22)23-9-5-4-6-15(2,13-21)18(20)8-7-17(12-16(18,3)19)24-10-11-25-17/h6-12H2,1-3H3. The fourth-order valence-corrected chi connectivity index (χ4v) is 3.85. The molecule has 1 heterocycles. The van der Waals surface area contributed by atoms with Gasteiger partial charge >= 0.3 is 5.97 Å². The zero-order valence-electron chi connectivity index (χ0n) is 15.2. The predicted molar refractivity (Wildman–Crippen MR) is 93.8 cm³/mol. The third-order valence-corrected chi connectivity index (χ3v) is 5.52. The van der Waals surface area contributed by atoms with Gasteiger partial charge in [0.2, 0.25) is 0 Å². The van der Waals surface area contributed by atoms with Gasteiger partial charge in [-0.2, -0.15) is 5.26 Å². The first kappa shape index (κ1) is 19.9. The van der Waals surface area contributed by atoms with E-state index in [1.54, 1.807) is 6.92 Å². The molecule has 1 saturated carbocycles. The van der Waals surface area contributed by atoms with Gasteiger partial charge in [-0.15, -0.1) is 0 Å². The average molecular weight is 339 g/mol. The summed E-state index contributed by atoms with van der Waals surface area (Å²) >= 11 is 0. The van der Waals surface area contributed by atoms with Crippen LogP contribution in [0.4, 0.5) is 0 Å². The average Bonchev–Trinajstić information content (AvgIpc) is 2.98. The van der Waals surface area contributed by atoms with E-state index in [9.17, 15) is 10.1 Å². The van der Waals surface area contributed by atoms with E-state index in [1.165, 1.54) is 6.92 Å². The van der Waals surface area contributed by atoms with Gasteiger partial charge in [0.05, 0.1) is 40.4 Å². The van der Waals surface area contributed by atoms with Crippen LogP contribution in [0.3, 0.4) is 0 Å². The number of nitrogens with zero attached hydrogens (tertiary/aromatic N) is 1. The lowest BCUT2D eigenvalue weighted by Crippen LogP contribution is -2.51. The highest BCUT2D eigenvalue weighted by atomic mass is 16.7. The summed E-state index contributed by atoms with van der Waals surface area (Å²) in [6, 6.07) is 2.33. The van der Waals surface area contributed by atoms with E-state index >= 15 is 0 Å². The lowest BCUT2D eigenvalue weighted by atomic mass is 9.32. The predicted octanol–water partition coefficient (Wildman–Crippen LogP) is 2.07. The van der Waals surface area contributed by atoms with Crippen molar-refractivity contribution in [3.63, 3.8) is 0 Å². The van der Waals surface area contributed by atoms with Crippen LogP contribution in [0.1, 0.15) is 46.5 Å². The zero-order valence-corrected chi connectivity index (χ0v) is 15.2. The van der Waals surface area contributed by atoms with E-state index in [0.717, 1.165) is 0 Å². The van der Waals surface area contributed by atoms with Crippen molar-refractivity contribution in [2.75, 3.05) is 19.8 Å². The van der Waals surface area contributed by atoms with Crippen molar-refractivity contribution in [3.8, 4) is 17.9 Å². The van der Waals surface area contributed by atoms with E-state index in [4.69, 9.17) is 29.9 Å². The lowest BCUT2D eigenvalue weighted by Gasteiger charge is -2.59. The number of hydrogen-bond donors (Lipinski definition) is 0. The summed E-state index contributed by atoms with van der Waals surface area (Å²) in [7, 11) is 13.3. The Morgan fingerprint density at radius 3 is 2.44 bits per heavy atom. The molecule has 0 amide bonds. The van der Waals surface area contributed by atoms with Gasteiger partial charge in [-0.25, -0.2) is 0 Å². The van der Waals surface area contributed by atoms with Gasteiger partial charge in [0.1, 0.15) is 0 Å². The first-order valence-electron chi connectivity index (χ1n) is 8.46. The number of esters is 1. The Morgan fingerprint density at radius 1 is 1.28 bits per heavy atom. The van der Waals surface area contributed by atoms with Crippen molar-refractivity contribution >= 4 is 21.7 Å². The SMILES string of the molecule is [B]C1(C)CC2(CCC1([B])C(C)(C#N)CC#CCOC(C)=O)OCCO2. The molecular weight excluding hydrogens is 316 g/mol. The summed E-state index contributed by atoms with van der Waals surface area (Å²) in [6.07, 6.45) is 1.75. The second kappa shape index (κ2) is 7.06. The van der Waals surface area contributed by atoms with Crippen LogP contribution in [0.15, 0.2) is 0 Å². The van der Waals surface area contributed by atoms with Gasteiger partial charge in [0.25, 0.3) is 0 Å². The maximum Gasteiger partial charge on any atom is 0.303 e. The van der Waals surface area contributed by atoms with E-state index in [0.29, 0.717) is 32.5 Å². The van der Waals surface area contributed by atoms with Crippen molar-refractivity contribution in [3.05, 3.63) is 0 Å². The summed E-state index contributed by atoms with van der Waals surface area (Å²) < 4.78 is 16.3. The molecular formula is C18H23B2NO4. The summed E-state index contributed by atoms with van der Waals surface area (Å²) in [5.74, 6) is 4.57. The fourth-order valence-electron chi connectivity index (χ4n) is 3.85. The molecule has 0 aromatic carbocycles. The smallest absolute Gasteiger partial charge is 0.303 e. The normalized spacial score (nSPS) is 32.9. The Morgan fingerprint density at radius 2 is 1.92 bits per heavy atom. The molecule has 7 heteroatoms. The highest BCUT2D eigenvalue weighted by molar-refractivity contribution is 6.27. The minimum atomic E-state index is -0.958. The Balaban J connectivity index is 2.17. The van der Waals surface area contributed by atoms with Crippen molar-refractivity contribution in [1.29, 1.82) is 5.26 Å². The first-order chi connectivity index (χ1) is 11.6. The van der Waals surface area contributed by atoms with Gasteiger partial charge in [-0.05, 0) is 25.1 Å². The molecule has 0 aromatic heterocycles. The van der Waals surface area contributed by atoms with E-state index in [1.807, 2.05) is 6.92 Å². The van der Waals surface area contributed by atoms with Crippen LogP contribution in [-0.2, 0) is 19.0 Å². The maximum atomic E-state index is 10.8. The lowest BCUT2D eigenvalue weighted by molar-refractivity contribution is -0.192. The molecule has 2 aliphatic rings. The molecule has 1 saturated heterocycles. The molecule has 2 fully saturated rings. The fraction of sp³-hybridized carbons (Fsp3) is 0.778. The third kappa shape index (κ3) is 3.73. The Hall–Kier alpha value is -1.43. The molecule has 1 aliphatic carbocycles. The van der Waals surface area contributed by atoms with Crippen molar-refractivity contribution in [2.24, 2.45) is 5.41 Å². The molecule has 2 rings (SSSR count). The van der Waals surface area contributed by atoms with E-state index in [-0.39, 0.29) is 13.0 Å². The Kier molecular flexibility index (Phi) is 5.62. The van der Waals surface area contributed by atoms with Crippen LogP contribution in [0.25, 0.3) is 0 Å². The van der Waals surface area contributed by atoms with Crippen LogP contribution >= 0.6 is 0 Å². The third-order valence-electron chi connectivity index (χ3n) is 5.52. The van der Waals surface area contributed by atoms with E-state index in [2.05, 4.69) is 17.9 Å². The minimum absolute atomic E-state index is 0.000896. The largest absolute Gasteiger partial charge is 0.453 e. The minimum Gasteiger partial charge on any atom is -0.453 e. The molecule has 0 N–H and O–H groups in total. The Bertz CT molecular complexity index is 627. The molecule has 0 bridgehead atoms. The van der Waals surface area contributed by atoms with Gasteiger partial charge < -0.3 is 14.2 Å². The number of rotatable bonds is 3.